The highest BCUT2D eigenvalue weighted by atomic mass is 19.3. The van der Waals surface area contributed by atoms with Crippen molar-refractivity contribution in [2.45, 2.75) is 40.2 Å². The molecule has 1 heterocycles. The molecule has 1 N–H and O–H groups in total. The molecule has 0 aromatic carbocycles. The minimum atomic E-state index is -2.28. The Hall–Kier alpha value is -0.970. The van der Waals surface area contributed by atoms with Crippen LogP contribution in [-0.2, 0) is 13.0 Å². The van der Waals surface area contributed by atoms with Crippen LogP contribution in [0.1, 0.15) is 23.9 Å². The highest BCUT2D eigenvalue weighted by molar-refractivity contribution is 5.24. The molecule has 0 bridgehead atoms. The maximum absolute atomic E-state index is 11.9. The second kappa shape index (κ2) is 5.94. The fourth-order valence-corrected chi connectivity index (χ4v) is 1.83. The van der Waals surface area contributed by atoms with Gasteiger partial charge >= 0.3 is 0 Å². The van der Waals surface area contributed by atoms with Crippen molar-refractivity contribution in [3.05, 3.63) is 17.0 Å². The van der Waals surface area contributed by atoms with Crippen LogP contribution in [0.3, 0.4) is 0 Å². The number of nitrogens with zero attached hydrogens (tertiary/aromatic N) is 2. The van der Waals surface area contributed by atoms with Gasteiger partial charge in [-0.1, -0.05) is 0 Å². The number of aromatic nitrogens is 2. The molecule has 0 atom stereocenters. The zero-order chi connectivity index (χ0) is 12.1. The molecule has 0 aliphatic carbocycles. The van der Waals surface area contributed by atoms with E-state index in [2.05, 4.69) is 10.4 Å². The van der Waals surface area contributed by atoms with Crippen molar-refractivity contribution < 1.29 is 8.78 Å². The first kappa shape index (κ1) is 13.1. The van der Waals surface area contributed by atoms with Crippen LogP contribution in [0.4, 0.5) is 8.78 Å². The molecule has 16 heavy (non-hydrogen) atoms. The molecule has 0 fully saturated rings. The van der Waals surface area contributed by atoms with Gasteiger partial charge in [0.2, 0.25) is 0 Å². The second-order valence-corrected chi connectivity index (χ2v) is 3.81. The lowest BCUT2D eigenvalue weighted by atomic mass is 10.1. The Labute approximate surface area is 94.8 Å². The maximum atomic E-state index is 11.9. The second-order valence-electron chi connectivity index (χ2n) is 3.81. The Balaban J connectivity index is 2.50. The average Bonchev–Trinajstić information content (AvgIpc) is 2.50. The molecule has 0 radical (unpaired) electrons. The molecule has 0 saturated heterocycles. The summed E-state index contributed by atoms with van der Waals surface area (Å²) in [4.78, 5) is 0. The van der Waals surface area contributed by atoms with Crippen LogP contribution in [-0.4, -0.2) is 29.3 Å². The lowest BCUT2D eigenvalue weighted by Crippen LogP contribution is -2.23. The Morgan fingerprint density at radius 1 is 1.38 bits per heavy atom. The molecule has 5 heteroatoms. The van der Waals surface area contributed by atoms with Gasteiger partial charge in [0.1, 0.15) is 0 Å². The van der Waals surface area contributed by atoms with Gasteiger partial charge in [0.25, 0.3) is 6.43 Å². The van der Waals surface area contributed by atoms with Gasteiger partial charge in [-0.05, 0) is 39.3 Å². The lowest BCUT2D eigenvalue weighted by molar-refractivity contribution is 0.146. The lowest BCUT2D eigenvalue weighted by Gasteiger charge is -2.05. The number of aryl methyl sites for hydroxylation is 2. The first-order valence-corrected chi connectivity index (χ1v) is 5.58. The number of nitrogens with one attached hydrogen (secondary N) is 1. The van der Waals surface area contributed by atoms with Gasteiger partial charge in [0.15, 0.2) is 0 Å². The quantitative estimate of drug-likeness (QED) is 0.758. The molecule has 0 aliphatic heterocycles. The molecule has 0 amide bonds. The van der Waals surface area contributed by atoms with E-state index in [0.717, 1.165) is 24.4 Å². The number of halogens is 2. The van der Waals surface area contributed by atoms with Gasteiger partial charge in [0, 0.05) is 12.2 Å². The van der Waals surface area contributed by atoms with E-state index in [1.165, 1.54) is 5.56 Å². The molecule has 0 spiro atoms. The van der Waals surface area contributed by atoms with Crippen molar-refractivity contribution in [1.29, 1.82) is 0 Å². The maximum Gasteiger partial charge on any atom is 0.250 e. The van der Waals surface area contributed by atoms with Crippen LogP contribution in [0.5, 0.6) is 0 Å². The zero-order valence-corrected chi connectivity index (χ0v) is 10.1. The van der Waals surface area contributed by atoms with Crippen LogP contribution in [0.2, 0.25) is 0 Å². The van der Waals surface area contributed by atoms with Crippen molar-refractivity contribution in [2.75, 3.05) is 13.1 Å². The molecule has 0 saturated carbocycles. The molecule has 1 aromatic rings. The smallest absolute Gasteiger partial charge is 0.250 e. The van der Waals surface area contributed by atoms with Crippen LogP contribution < -0.4 is 5.32 Å². The standard InChI is InChI=1S/C11H19F2N3/c1-4-16-9(3)10(8(2)15-16)5-6-14-7-11(12)13/h11,14H,4-7H2,1-3H3. The van der Waals surface area contributed by atoms with E-state index in [1.807, 2.05) is 25.5 Å². The van der Waals surface area contributed by atoms with E-state index >= 15 is 0 Å². The van der Waals surface area contributed by atoms with E-state index in [0.29, 0.717) is 6.54 Å². The summed E-state index contributed by atoms with van der Waals surface area (Å²) in [7, 11) is 0. The van der Waals surface area contributed by atoms with Gasteiger partial charge in [-0.15, -0.1) is 0 Å². The Kier molecular flexibility index (Phi) is 4.86. The summed E-state index contributed by atoms with van der Waals surface area (Å²) in [5, 5.41) is 7.11. The molecule has 3 nitrogen and oxygen atoms in total. The summed E-state index contributed by atoms with van der Waals surface area (Å²) in [6.45, 7) is 7.20. The molecule has 92 valence electrons. The molecular weight excluding hydrogens is 212 g/mol. The van der Waals surface area contributed by atoms with E-state index in [4.69, 9.17) is 0 Å². The van der Waals surface area contributed by atoms with Gasteiger partial charge < -0.3 is 5.32 Å². The third kappa shape index (κ3) is 3.27. The predicted molar refractivity (Wildman–Crippen MR) is 60.0 cm³/mol. The fourth-order valence-electron chi connectivity index (χ4n) is 1.83. The zero-order valence-electron chi connectivity index (χ0n) is 10.1. The molecule has 1 aromatic heterocycles. The molecular formula is C11H19F2N3. The average molecular weight is 231 g/mol. The summed E-state index contributed by atoms with van der Waals surface area (Å²) in [6.07, 6.45) is -1.52. The normalized spacial score (nSPS) is 11.4. The largest absolute Gasteiger partial charge is 0.311 e. The summed E-state index contributed by atoms with van der Waals surface area (Å²) in [6, 6.07) is 0. The predicted octanol–water partition coefficient (Wildman–Crippen LogP) is 1.92. The summed E-state index contributed by atoms with van der Waals surface area (Å²) in [5.41, 5.74) is 3.31. The van der Waals surface area contributed by atoms with Crippen molar-refractivity contribution in [3.63, 3.8) is 0 Å². The van der Waals surface area contributed by atoms with Gasteiger partial charge in [-0.25, -0.2) is 8.78 Å². The van der Waals surface area contributed by atoms with Crippen molar-refractivity contribution >= 4 is 0 Å². The molecule has 1 rings (SSSR count). The van der Waals surface area contributed by atoms with Gasteiger partial charge in [0.05, 0.1) is 12.2 Å². The first-order chi connectivity index (χ1) is 7.56. The summed E-state index contributed by atoms with van der Waals surface area (Å²) in [5.74, 6) is 0. The Bertz CT molecular complexity index is 334. The fraction of sp³-hybridized carbons (Fsp3) is 0.727. The van der Waals surface area contributed by atoms with Gasteiger partial charge in [-0.2, -0.15) is 5.10 Å². The van der Waals surface area contributed by atoms with Crippen LogP contribution in [0.25, 0.3) is 0 Å². The topological polar surface area (TPSA) is 29.9 Å². The van der Waals surface area contributed by atoms with Crippen molar-refractivity contribution in [1.82, 2.24) is 15.1 Å². The first-order valence-electron chi connectivity index (χ1n) is 5.58. The Morgan fingerprint density at radius 3 is 2.56 bits per heavy atom. The van der Waals surface area contributed by atoms with Crippen LogP contribution >= 0.6 is 0 Å². The van der Waals surface area contributed by atoms with Crippen molar-refractivity contribution in [3.8, 4) is 0 Å². The minimum Gasteiger partial charge on any atom is -0.311 e. The van der Waals surface area contributed by atoms with Crippen molar-refractivity contribution in [2.24, 2.45) is 0 Å². The molecule has 0 aliphatic rings. The Morgan fingerprint density at radius 2 is 2.06 bits per heavy atom. The monoisotopic (exact) mass is 231 g/mol. The number of hydrogen-bond donors (Lipinski definition) is 1. The third-order valence-corrected chi connectivity index (χ3v) is 2.68. The third-order valence-electron chi connectivity index (χ3n) is 2.68. The summed E-state index contributed by atoms with van der Waals surface area (Å²) >= 11 is 0. The molecule has 0 unspecified atom stereocenters. The number of alkyl halides is 2. The van der Waals surface area contributed by atoms with E-state index in [-0.39, 0.29) is 6.54 Å². The number of hydrogen-bond acceptors (Lipinski definition) is 2. The number of rotatable bonds is 6. The van der Waals surface area contributed by atoms with E-state index < -0.39 is 6.43 Å². The van der Waals surface area contributed by atoms with Gasteiger partial charge in [-0.3, -0.25) is 4.68 Å². The minimum absolute atomic E-state index is 0.236. The van der Waals surface area contributed by atoms with E-state index in [9.17, 15) is 8.78 Å². The SMILES string of the molecule is CCn1nc(C)c(CCNCC(F)F)c1C. The van der Waals surface area contributed by atoms with Crippen LogP contribution in [0.15, 0.2) is 0 Å². The van der Waals surface area contributed by atoms with Crippen LogP contribution in [0, 0.1) is 13.8 Å². The summed E-state index contributed by atoms with van der Waals surface area (Å²) < 4.78 is 25.7. The highest BCUT2D eigenvalue weighted by Crippen LogP contribution is 2.13. The van der Waals surface area contributed by atoms with E-state index in [1.54, 1.807) is 0 Å². The highest BCUT2D eigenvalue weighted by Gasteiger charge is 2.10.